The molecule has 0 aromatic heterocycles. The van der Waals surface area contributed by atoms with Crippen LogP contribution < -0.4 is 5.32 Å². The Morgan fingerprint density at radius 3 is 2.33 bits per heavy atom. The summed E-state index contributed by atoms with van der Waals surface area (Å²) >= 11 is 0. The lowest BCUT2D eigenvalue weighted by molar-refractivity contribution is 0.0914. The van der Waals surface area contributed by atoms with Crippen molar-refractivity contribution in [1.29, 1.82) is 0 Å². The van der Waals surface area contributed by atoms with Crippen molar-refractivity contribution in [2.45, 2.75) is 40.0 Å². The molecule has 1 fully saturated rings. The van der Waals surface area contributed by atoms with Crippen molar-refractivity contribution in [1.82, 2.24) is 15.1 Å². The number of carbonyl (C=O) groups is 1. The Balaban J connectivity index is 2.45. The number of hydrogen-bond acceptors (Lipinski definition) is 3. The van der Waals surface area contributed by atoms with E-state index < -0.39 is 0 Å². The second kappa shape index (κ2) is 10.3. The van der Waals surface area contributed by atoms with E-state index in [1.807, 2.05) is 6.92 Å². The Morgan fingerprint density at radius 1 is 1.10 bits per heavy atom. The molecule has 1 heterocycles. The molecule has 0 unspecified atom stereocenters. The van der Waals surface area contributed by atoms with E-state index in [2.05, 4.69) is 29.1 Å². The molecule has 1 saturated heterocycles. The third-order valence-corrected chi connectivity index (χ3v) is 3.46. The first-order chi connectivity index (χ1) is 10.2. The van der Waals surface area contributed by atoms with Gasteiger partial charge in [-0.25, -0.2) is 4.79 Å². The average molecular weight is 298 g/mol. The van der Waals surface area contributed by atoms with Gasteiger partial charge in [0.1, 0.15) is 0 Å². The van der Waals surface area contributed by atoms with Crippen LogP contribution >= 0.6 is 0 Å². The maximum absolute atomic E-state index is 11.7. The van der Waals surface area contributed by atoms with Crippen molar-refractivity contribution in [3.05, 3.63) is 0 Å². The largest absolute Gasteiger partial charge is 0.450 e. The van der Waals surface area contributed by atoms with Crippen LogP contribution in [0.25, 0.3) is 0 Å². The van der Waals surface area contributed by atoms with Crippen LogP contribution in [0, 0.1) is 0 Å². The maximum atomic E-state index is 11.7. The van der Waals surface area contributed by atoms with E-state index in [9.17, 15) is 4.79 Å². The zero-order valence-electron chi connectivity index (χ0n) is 13.7. The smallest absolute Gasteiger partial charge is 0.409 e. The minimum atomic E-state index is -0.206. The molecule has 0 saturated carbocycles. The number of nitrogens with one attached hydrogen (secondary N) is 1. The third kappa shape index (κ3) is 6.23. The van der Waals surface area contributed by atoms with E-state index in [0.717, 1.165) is 38.6 Å². The number of carbonyl (C=O) groups excluding carboxylic acids is 1. The predicted molar refractivity (Wildman–Crippen MR) is 85.7 cm³/mol. The number of ether oxygens (including phenoxy) is 1. The molecule has 0 spiro atoms. The first kappa shape index (κ1) is 17.6. The lowest BCUT2D eigenvalue weighted by atomic mass is 10.2. The van der Waals surface area contributed by atoms with Crippen LogP contribution in [0.4, 0.5) is 4.79 Å². The number of rotatable bonds is 6. The summed E-state index contributed by atoms with van der Waals surface area (Å²) in [6, 6.07) is 0. The van der Waals surface area contributed by atoms with Gasteiger partial charge in [-0.05, 0) is 20.3 Å². The average Bonchev–Trinajstić information content (AvgIpc) is 2.51. The van der Waals surface area contributed by atoms with Crippen LogP contribution in [0.15, 0.2) is 4.99 Å². The molecule has 0 aromatic rings. The number of amides is 1. The number of aliphatic imine (C=N–C) groups is 1. The van der Waals surface area contributed by atoms with Gasteiger partial charge in [-0.1, -0.05) is 19.8 Å². The summed E-state index contributed by atoms with van der Waals surface area (Å²) in [5, 5.41) is 3.34. The van der Waals surface area contributed by atoms with Crippen molar-refractivity contribution >= 4 is 12.1 Å². The molecule has 1 amide bonds. The minimum Gasteiger partial charge on any atom is -0.450 e. The van der Waals surface area contributed by atoms with Crippen LogP contribution in [-0.2, 0) is 4.74 Å². The lowest BCUT2D eigenvalue weighted by Crippen LogP contribution is -2.53. The molecule has 1 aliphatic heterocycles. The van der Waals surface area contributed by atoms with Crippen LogP contribution in [-0.4, -0.2) is 67.7 Å². The highest BCUT2D eigenvalue weighted by molar-refractivity contribution is 5.80. The molecular formula is C15H30N4O2. The topological polar surface area (TPSA) is 57.2 Å². The van der Waals surface area contributed by atoms with Crippen molar-refractivity contribution in [3.63, 3.8) is 0 Å². The van der Waals surface area contributed by atoms with Gasteiger partial charge in [0, 0.05) is 39.3 Å². The standard InChI is InChI=1S/C15H30N4O2/c1-4-7-8-9-17-14(16-5-2)18-10-12-19(13-11-18)15(20)21-6-3/h4-13H2,1-3H3,(H,16,17). The highest BCUT2D eigenvalue weighted by Crippen LogP contribution is 2.05. The van der Waals surface area contributed by atoms with Crippen molar-refractivity contribution < 1.29 is 9.53 Å². The van der Waals surface area contributed by atoms with E-state index in [0.29, 0.717) is 19.7 Å². The second-order valence-corrected chi connectivity index (χ2v) is 5.12. The zero-order valence-corrected chi connectivity index (χ0v) is 13.7. The molecular weight excluding hydrogens is 268 g/mol. The molecule has 122 valence electrons. The van der Waals surface area contributed by atoms with Crippen molar-refractivity contribution in [2.24, 2.45) is 4.99 Å². The molecule has 6 nitrogen and oxygen atoms in total. The van der Waals surface area contributed by atoms with E-state index in [1.165, 1.54) is 12.8 Å². The summed E-state index contributed by atoms with van der Waals surface area (Å²) in [4.78, 5) is 20.4. The minimum absolute atomic E-state index is 0.206. The lowest BCUT2D eigenvalue weighted by Gasteiger charge is -2.35. The summed E-state index contributed by atoms with van der Waals surface area (Å²) in [5.74, 6) is 0.970. The first-order valence-electron chi connectivity index (χ1n) is 8.17. The van der Waals surface area contributed by atoms with E-state index in [-0.39, 0.29) is 6.09 Å². The summed E-state index contributed by atoms with van der Waals surface area (Å²) < 4.78 is 5.04. The number of guanidine groups is 1. The summed E-state index contributed by atoms with van der Waals surface area (Å²) in [6.07, 6.45) is 3.36. The molecule has 0 aliphatic carbocycles. The third-order valence-electron chi connectivity index (χ3n) is 3.46. The molecule has 0 aromatic carbocycles. The molecule has 6 heteroatoms. The molecule has 0 atom stereocenters. The number of unbranched alkanes of at least 4 members (excludes halogenated alkanes) is 2. The zero-order chi connectivity index (χ0) is 15.5. The second-order valence-electron chi connectivity index (χ2n) is 5.12. The fourth-order valence-corrected chi connectivity index (χ4v) is 2.29. The van der Waals surface area contributed by atoms with Crippen LogP contribution in [0.2, 0.25) is 0 Å². The van der Waals surface area contributed by atoms with E-state index in [4.69, 9.17) is 4.74 Å². The van der Waals surface area contributed by atoms with Gasteiger partial charge in [-0.15, -0.1) is 0 Å². The normalized spacial score (nSPS) is 16.0. The van der Waals surface area contributed by atoms with Gasteiger partial charge < -0.3 is 19.9 Å². The Hall–Kier alpha value is -1.46. The molecule has 1 N–H and O–H groups in total. The van der Waals surface area contributed by atoms with Gasteiger partial charge in [0.25, 0.3) is 0 Å². The number of nitrogens with zero attached hydrogens (tertiary/aromatic N) is 3. The Labute approximate surface area is 128 Å². The monoisotopic (exact) mass is 298 g/mol. The fourth-order valence-electron chi connectivity index (χ4n) is 2.29. The Morgan fingerprint density at radius 2 is 1.76 bits per heavy atom. The maximum Gasteiger partial charge on any atom is 0.409 e. The first-order valence-corrected chi connectivity index (χ1v) is 8.17. The highest BCUT2D eigenvalue weighted by atomic mass is 16.6. The SMILES string of the molecule is CCCCCN=C(NCC)N1CCN(C(=O)OCC)CC1. The van der Waals surface area contributed by atoms with Crippen LogP contribution in [0.5, 0.6) is 0 Å². The van der Waals surface area contributed by atoms with Gasteiger partial charge in [-0.2, -0.15) is 0 Å². The van der Waals surface area contributed by atoms with Gasteiger partial charge in [-0.3, -0.25) is 4.99 Å². The molecule has 21 heavy (non-hydrogen) atoms. The van der Waals surface area contributed by atoms with Gasteiger partial charge >= 0.3 is 6.09 Å². The van der Waals surface area contributed by atoms with Gasteiger partial charge in [0.15, 0.2) is 5.96 Å². The summed E-state index contributed by atoms with van der Waals surface area (Å²) in [5.41, 5.74) is 0. The molecule has 1 rings (SSSR count). The van der Waals surface area contributed by atoms with Crippen LogP contribution in [0.3, 0.4) is 0 Å². The van der Waals surface area contributed by atoms with Gasteiger partial charge in [0.2, 0.25) is 0 Å². The summed E-state index contributed by atoms with van der Waals surface area (Å²) in [6.45, 7) is 11.3. The number of piperazine rings is 1. The highest BCUT2D eigenvalue weighted by Gasteiger charge is 2.23. The number of hydrogen-bond donors (Lipinski definition) is 1. The van der Waals surface area contributed by atoms with E-state index >= 15 is 0 Å². The molecule has 0 bridgehead atoms. The fraction of sp³-hybridized carbons (Fsp3) is 0.867. The van der Waals surface area contributed by atoms with Gasteiger partial charge in [0.05, 0.1) is 6.61 Å². The molecule has 0 radical (unpaired) electrons. The Kier molecular flexibility index (Phi) is 8.62. The van der Waals surface area contributed by atoms with Crippen molar-refractivity contribution in [3.8, 4) is 0 Å². The predicted octanol–water partition coefficient (Wildman–Crippen LogP) is 1.92. The van der Waals surface area contributed by atoms with Crippen LogP contribution in [0.1, 0.15) is 40.0 Å². The van der Waals surface area contributed by atoms with Crippen molar-refractivity contribution in [2.75, 3.05) is 45.9 Å². The Bertz CT molecular complexity index is 326. The quantitative estimate of drug-likeness (QED) is 0.462. The van der Waals surface area contributed by atoms with E-state index in [1.54, 1.807) is 4.90 Å². The molecule has 1 aliphatic rings. The summed E-state index contributed by atoms with van der Waals surface area (Å²) in [7, 11) is 0.